The lowest BCUT2D eigenvalue weighted by Crippen LogP contribution is -2.32. The highest BCUT2D eigenvalue weighted by molar-refractivity contribution is 5.53. The number of hydrogen-bond donors (Lipinski definition) is 1. The maximum absolute atomic E-state index is 13.7. The Morgan fingerprint density at radius 1 is 1.29 bits per heavy atom. The molecule has 0 fully saturated rings. The summed E-state index contributed by atoms with van der Waals surface area (Å²) in [4.78, 5) is 6.18. The molecule has 1 aromatic heterocycles. The third-order valence-corrected chi connectivity index (χ3v) is 3.30. The summed E-state index contributed by atoms with van der Waals surface area (Å²) in [5.41, 5.74) is 5.95. The van der Waals surface area contributed by atoms with Crippen LogP contribution in [0.15, 0.2) is 22.7 Å². The fourth-order valence-electron chi connectivity index (χ4n) is 2.01. The number of halogens is 2. The normalized spacial score (nSPS) is 12.9. The van der Waals surface area contributed by atoms with Crippen LogP contribution in [-0.4, -0.2) is 34.7 Å². The molecule has 2 aromatic rings. The maximum atomic E-state index is 13.7. The van der Waals surface area contributed by atoms with Crippen molar-refractivity contribution < 1.29 is 13.3 Å². The summed E-state index contributed by atoms with van der Waals surface area (Å²) in [7, 11) is 0. The van der Waals surface area contributed by atoms with Crippen molar-refractivity contribution in [2.24, 2.45) is 5.73 Å². The van der Waals surface area contributed by atoms with Gasteiger partial charge < -0.3 is 15.2 Å². The smallest absolute Gasteiger partial charge is 0.261 e. The summed E-state index contributed by atoms with van der Waals surface area (Å²) in [5.74, 6) is -1.76. The minimum Gasteiger partial charge on any atom is -0.334 e. The molecule has 0 spiro atoms. The summed E-state index contributed by atoms with van der Waals surface area (Å²) in [6.45, 7) is 6.33. The molecule has 1 atom stereocenters. The maximum Gasteiger partial charge on any atom is 0.261 e. The minimum absolute atomic E-state index is 0.0659. The summed E-state index contributed by atoms with van der Waals surface area (Å²) in [5, 5.41) is 3.76. The van der Waals surface area contributed by atoms with Crippen LogP contribution in [-0.2, 0) is 0 Å². The third-order valence-electron chi connectivity index (χ3n) is 3.30. The van der Waals surface area contributed by atoms with Crippen molar-refractivity contribution in [3.8, 4) is 11.5 Å². The summed E-state index contributed by atoms with van der Waals surface area (Å²) < 4.78 is 31.9. The van der Waals surface area contributed by atoms with Crippen LogP contribution in [0, 0.1) is 11.6 Å². The molecule has 114 valence electrons. The van der Waals surface area contributed by atoms with E-state index < -0.39 is 17.7 Å². The van der Waals surface area contributed by atoms with Crippen molar-refractivity contribution in [3.05, 3.63) is 35.7 Å². The first-order chi connectivity index (χ1) is 10.1. The Morgan fingerprint density at radius 3 is 2.67 bits per heavy atom. The van der Waals surface area contributed by atoms with Gasteiger partial charge in [0.05, 0.1) is 11.6 Å². The predicted octanol–water partition coefficient (Wildman–Crippen LogP) is 2.36. The lowest BCUT2D eigenvalue weighted by atomic mass is 10.2. The van der Waals surface area contributed by atoms with Crippen molar-refractivity contribution in [3.63, 3.8) is 0 Å². The van der Waals surface area contributed by atoms with E-state index in [0.717, 1.165) is 19.2 Å². The van der Waals surface area contributed by atoms with E-state index in [2.05, 4.69) is 15.0 Å². The molecule has 0 saturated carbocycles. The fourth-order valence-corrected chi connectivity index (χ4v) is 2.01. The first-order valence-electron chi connectivity index (χ1n) is 6.82. The average molecular weight is 296 g/mol. The summed E-state index contributed by atoms with van der Waals surface area (Å²) >= 11 is 0. The average Bonchev–Trinajstić information content (AvgIpc) is 2.97. The second-order valence-electron chi connectivity index (χ2n) is 4.65. The Kier molecular flexibility index (Phi) is 4.98. The number of benzene rings is 1. The van der Waals surface area contributed by atoms with Crippen LogP contribution in [0.1, 0.15) is 25.7 Å². The van der Waals surface area contributed by atoms with Crippen LogP contribution < -0.4 is 5.73 Å². The van der Waals surface area contributed by atoms with E-state index in [1.165, 1.54) is 12.1 Å². The van der Waals surface area contributed by atoms with Gasteiger partial charge >= 0.3 is 0 Å². The van der Waals surface area contributed by atoms with Gasteiger partial charge in [-0.2, -0.15) is 4.98 Å². The number of nitrogens with zero attached hydrogens (tertiary/aromatic N) is 3. The molecular weight excluding hydrogens is 278 g/mol. The van der Waals surface area contributed by atoms with Gasteiger partial charge in [0.2, 0.25) is 0 Å². The van der Waals surface area contributed by atoms with Gasteiger partial charge in [0.1, 0.15) is 0 Å². The highest BCUT2D eigenvalue weighted by atomic mass is 19.2. The van der Waals surface area contributed by atoms with Gasteiger partial charge in [-0.1, -0.05) is 25.1 Å². The molecule has 1 aromatic carbocycles. The van der Waals surface area contributed by atoms with Gasteiger partial charge in [-0.15, -0.1) is 0 Å². The molecule has 0 radical (unpaired) electrons. The predicted molar refractivity (Wildman–Crippen MR) is 74.4 cm³/mol. The number of aromatic nitrogens is 2. The van der Waals surface area contributed by atoms with Gasteiger partial charge in [0.25, 0.3) is 5.89 Å². The molecule has 0 aliphatic heterocycles. The zero-order valence-corrected chi connectivity index (χ0v) is 12.0. The molecule has 0 amide bonds. The van der Waals surface area contributed by atoms with Crippen molar-refractivity contribution in [2.75, 3.05) is 19.6 Å². The Hall–Kier alpha value is -1.86. The first-order valence-corrected chi connectivity index (χ1v) is 6.82. The molecule has 0 saturated heterocycles. The van der Waals surface area contributed by atoms with Crippen molar-refractivity contribution in [2.45, 2.75) is 19.9 Å². The number of nitrogens with two attached hydrogens (primary N) is 1. The van der Waals surface area contributed by atoms with Crippen LogP contribution in [0.25, 0.3) is 11.5 Å². The molecule has 7 heteroatoms. The van der Waals surface area contributed by atoms with Crippen molar-refractivity contribution >= 4 is 0 Å². The van der Waals surface area contributed by atoms with Crippen LogP contribution >= 0.6 is 0 Å². The molecule has 21 heavy (non-hydrogen) atoms. The van der Waals surface area contributed by atoms with Gasteiger partial charge in [-0.05, 0) is 25.2 Å². The number of rotatable bonds is 6. The van der Waals surface area contributed by atoms with E-state index in [9.17, 15) is 8.78 Å². The fraction of sp³-hybridized carbons (Fsp3) is 0.429. The van der Waals surface area contributed by atoms with Gasteiger partial charge in [-0.25, -0.2) is 8.78 Å². The van der Waals surface area contributed by atoms with Gasteiger partial charge in [0.15, 0.2) is 17.5 Å². The Labute approximate surface area is 121 Å². The van der Waals surface area contributed by atoms with Crippen LogP contribution in [0.4, 0.5) is 8.78 Å². The molecule has 2 rings (SSSR count). The SMILES string of the molecule is CCN(CC)CC(N)c1noc(-c2cccc(F)c2F)n1. The molecule has 0 aliphatic carbocycles. The van der Waals surface area contributed by atoms with E-state index in [4.69, 9.17) is 10.3 Å². The lowest BCUT2D eigenvalue weighted by Gasteiger charge is -2.20. The van der Waals surface area contributed by atoms with Crippen LogP contribution in [0.3, 0.4) is 0 Å². The zero-order valence-electron chi connectivity index (χ0n) is 12.0. The van der Waals surface area contributed by atoms with Gasteiger partial charge in [0, 0.05) is 6.54 Å². The molecule has 2 N–H and O–H groups in total. The Bertz CT molecular complexity index is 598. The van der Waals surface area contributed by atoms with Crippen molar-refractivity contribution in [1.82, 2.24) is 15.0 Å². The van der Waals surface area contributed by atoms with E-state index in [1.807, 2.05) is 13.8 Å². The largest absolute Gasteiger partial charge is 0.334 e. The minimum atomic E-state index is -1.01. The second kappa shape index (κ2) is 6.73. The Balaban J connectivity index is 2.19. The van der Waals surface area contributed by atoms with E-state index in [-0.39, 0.29) is 17.3 Å². The van der Waals surface area contributed by atoms with Crippen LogP contribution in [0.2, 0.25) is 0 Å². The highest BCUT2D eigenvalue weighted by Crippen LogP contribution is 2.23. The topological polar surface area (TPSA) is 68.2 Å². The molecule has 1 heterocycles. The van der Waals surface area contributed by atoms with Crippen molar-refractivity contribution in [1.29, 1.82) is 0 Å². The standard InChI is InChI=1S/C14H18F2N4O/c1-3-20(4-2)8-11(17)13-18-14(21-19-13)9-6-5-7-10(15)12(9)16/h5-7,11H,3-4,8,17H2,1-2H3. The highest BCUT2D eigenvalue weighted by Gasteiger charge is 2.20. The van der Waals surface area contributed by atoms with Gasteiger partial charge in [-0.3, -0.25) is 0 Å². The monoisotopic (exact) mass is 296 g/mol. The second-order valence-corrected chi connectivity index (χ2v) is 4.65. The zero-order chi connectivity index (χ0) is 15.4. The first kappa shape index (κ1) is 15.5. The molecule has 0 aliphatic rings. The molecule has 0 bridgehead atoms. The third kappa shape index (κ3) is 3.43. The number of likely N-dealkylation sites (N-methyl/N-ethyl adjacent to an activating group) is 1. The van der Waals surface area contributed by atoms with Crippen LogP contribution in [0.5, 0.6) is 0 Å². The van der Waals surface area contributed by atoms with E-state index in [0.29, 0.717) is 6.54 Å². The molecule has 1 unspecified atom stereocenters. The van der Waals surface area contributed by atoms with E-state index in [1.54, 1.807) is 0 Å². The van der Waals surface area contributed by atoms with E-state index >= 15 is 0 Å². The lowest BCUT2D eigenvalue weighted by molar-refractivity contribution is 0.278. The molecular formula is C14H18F2N4O. The summed E-state index contributed by atoms with van der Waals surface area (Å²) in [6.07, 6.45) is 0. The Morgan fingerprint density at radius 2 is 2.00 bits per heavy atom. The number of hydrogen-bond acceptors (Lipinski definition) is 5. The quantitative estimate of drug-likeness (QED) is 0.886. The summed E-state index contributed by atoms with van der Waals surface area (Å²) in [6, 6.07) is 3.35. The molecule has 5 nitrogen and oxygen atoms in total.